The van der Waals surface area contributed by atoms with Gasteiger partial charge in [0, 0.05) is 12.0 Å². The van der Waals surface area contributed by atoms with Crippen molar-refractivity contribution >= 4 is 41.8 Å². The average molecular weight is 216 g/mol. The van der Waals surface area contributed by atoms with E-state index in [0.29, 0.717) is 0 Å². The summed E-state index contributed by atoms with van der Waals surface area (Å²) in [6, 6.07) is -0.758. The molecule has 0 fully saturated rings. The molecule has 0 aromatic rings. The minimum Gasteiger partial charge on any atom is -0.480 e. The van der Waals surface area contributed by atoms with E-state index < -0.39 is 12.0 Å². The summed E-state index contributed by atoms with van der Waals surface area (Å²) in [7, 11) is 0. The Balaban J connectivity index is 3.89. The molecule has 0 aliphatic heterocycles. The molecule has 0 aromatic heterocycles. The lowest BCUT2D eigenvalue weighted by Crippen LogP contribution is -2.34. The molecule has 0 rings (SSSR count). The van der Waals surface area contributed by atoms with E-state index >= 15 is 0 Å². The maximum Gasteiger partial charge on any atom is 0.326 e. The molecule has 0 aliphatic rings. The van der Waals surface area contributed by atoms with Gasteiger partial charge in [-0.15, -0.1) is 0 Å². The molecule has 6 heteroatoms. The fraction of sp³-hybridized carbons (Fsp3) is 0.400. The number of carbonyl (C=O) groups is 1. The van der Waals surface area contributed by atoms with Crippen molar-refractivity contribution in [3.05, 3.63) is 10.7 Å². The third kappa shape index (κ3) is 5.24. The minimum atomic E-state index is -0.995. The normalized spacial score (nSPS) is 11.9. The summed E-state index contributed by atoms with van der Waals surface area (Å²) in [5, 5.41) is 10.9. The largest absolute Gasteiger partial charge is 0.480 e. The molecule has 1 atom stereocenters. The summed E-state index contributed by atoms with van der Waals surface area (Å²) in [4.78, 5) is 10.3. The summed E-state index contributed by atoms with van der Waals surface area (Å²) in [5.41, 5.74) is 0. The van der Waals surface area contributed by atoms with Crippen LogP contribution in [0.15, 0.2) is 10.7 Å². The summed E-state index contributed by atoms with van der Waals surface area (Å²) in [5.74, 6) is -0.821. The second-order valence-corrected chi connectivity index (χ2v) is 3.05. The number of halogens is 2. The van der Waals surface area contributed by atoms with Crippen LogP contribution in [0.3, 0.4) is 0 Å². The zero-order valence-corrected chi connectivity index (χ0v) is 7.83. The van der Waals surface area contributed by atoms with E-state index in [2.05, 4.69) is 17.9 Å². The van der Waals surface area contributed by atoms with Crippen molar-refractivity contribution in [3.63, 3.8) is 0 Å². The molecule has 0 aromatic carbocycles. The molecule has 11 heavy (non-hydrogen) atoms. The molecular weight excluding hydrogens is 209 g/mol. The van der Waals surface area contributed by atoms with Crippen LogP contribution in [0.5, 0.6) is 0 Å². The topological polar surface area (TPSA) is 49.3 Å². The number of hydrogen-bond donors (Lipinski definition) is 3. The Morgan fingerprint density at radius 1 is 1.73 bits per heavy atom. The van der Waals surface area contributed by atoms with Crippen LogP contribution in [0, 0.1) is 0 Å². The molecule has 0 bridgehead atoms. The van der Waals surface area contributed by atoms with E-state index in [0.717, 1.165) is 0 Å². The number of rotatable bonds is 4. The van der Waals surface area contributed by atoms with Gasteiger partial charge in [0.15, 0.2) is 0 Å². The lowest BCUT2D eigenvalue weighted by atomic mass is 10.3. The molecule has 0 amide bonds. The van der Waals surface area contributed by atoms with Gasteiger partial charge in [0.25, 0.3) is 0 Å². The van der Waals surface area contributed by atoms with Gasteiger partial charge in [-0.3, -0.25) is 0 Å². The van der Waals surface area contributed by atoms with Gasteiger partial charge >= 0.3 is 5.97 Å². The van der Waals surface area contributed by atoms with Crippen molar-refractivity contribution in [2.24, 2.45) is 0 Å². The Hall–Kier alpha value is -0.0600. The number of aliphatic carboxylic acids is 1. The van der Waals surface area contributed by atoms with E-state index in [9.17, 15) is 4.79 Å². The highest BCUT2D eigenvalue weighted by Gasteiger charge is 2.12. The third-order valence-corrected chi connectivity index (χ3v) is 1.46. The summed E-state index contributed by atoms with van der Waals surface area (Å²) >= 11 is 14.3. The number of hydrogen-bond acceptors (Lipinski definition) is 3. The summed E-state index contributed by atoms with van der Waals surface area (Å²) in [6.45, 7) is 0. The predicted molar refractivity (Wildman–Crippen MR) is 48.2 cm³/mol. The van der Waals surface area contributed by atoms with Crippen LogP contribution in [-0.2, 0) is 4.79 Å². The molecule has 0 aliphatic carbocycles. The van der Waals surface area contributed by atoms with Gasteiger partial charge in [0.2, 0.25) is 0 Å². The highest BCUT2D eigenvalue weighted by Crippen LogP contribution is 2.04. The fourth-order valence-corrected chi connectivity index (χ4v) is 0.753. The van der Waals surface area contributed by atoms with Crippen LogP contribution in [-0.4, -0.2) is 22.9 Å². The van der Waals surface area contributed by atoms with Crippen molar-refractivity contribution in [1.82, 2.24) is 5.32 Å². The minimum absolute atomic E-state index is 0.0157. The van der Waals surface area contributed by atoms with Gasteiger partial charge in [0.05, 0.1) is 0 Å². The van der Waals surface area contributed by atoms with E-state index in [1.807, 2.05) is 0 Å². The number of nitrogens with one attached hydrogen (secondary N) is 1. The highest BCUT2D eigenvalue weighted by molar-refractivity contribution is 7.80. The number of thiol groups is 1. The monoisotopic (exact) mass is 215 g/mol. The first-order chi connectivity index (χ1) is 5.07. The first kappa shape index (κ1) is 10.9. The van der Waals surface area contributed by atoms with Crippen molar-refractivity contribution < 1.29 is 9.90 Å². The molecule has 0 unspecified atom stereocenters. The Kier molecular flexibility index (Phi) is 5.54. The summed E-state index contributed by atoms with van der Waals surface area (Å²) in [6.07, 6.45) is 1.21. The second kappa shape index (κ2) is 5.57. The van der Waals surface area contributed by atoms with Gasteiger partial charge in [-0.25, -0.2) is 4.79 Å². The SMILES string of the molecule is O=C(O)[C@H](CS)NC=C(Cl)Cl. The fourth-order valence-electron chi connectivity index (χ4n) is 0.366. The number of carboxylic acids is 1. The molecule has 0 radical (unpaired) electrons. The molecule has 64 valence electrons. The Labute approximate surface area is 79.8 Å². The second-order valence-electron chi connectivity index (χ2n) is 1.67. The van der Waals surface area contributed by atoms with Crippen LogP contribution < -0.4 is 5.32 Å². The molecule has 2 N–H and O–H groups in total. The Bertz CT molecular complexity index is 170. The van der Waals surface area contributed by atoms with Crippen LogP contribution in [0.25, 0.3) is 0 Å². The van der Waals surface area contributed by atoms with Crippen molar-refractivity contribution in [2.75, 3.05) is 5.75 Å². The molecular formula is C5H7Cl2NO2S. The zero-order valence-electron chi connectivity index (χ0n) is 5.42. The van der Waals surface area contributed by atoms with Gasteiger partial charge in [-0.1, -0.05) is 23.2 Å². The average Bonchev–Trinajstić information content (AvgIpc) is 1.87. The van der Waals surface area contributed by atoms with Crippen molar-refractivity contribution in [1.29, 1.82) is 0 Å². The van der Waals surface area contributed by atoms with E-state index in [-0.39, 0.29) is 10.2 Å². The highest BCUT2D eigenvalue weighted by atomic mass is 35.5. The third-order valence-electron chi connectivity index (χ3n) is 0.874. The molecule has 0 heterocycles. The molecule has 0 saturated heterocycles. The Morgan fingerprint density at radius 3 is 2.55 bits per heavy atom. The predicted octanol–water partition coefficient (Wildman–Crippen LogP) is 1.24. The van der Waals surface area contributed by atoms with Crippen molar-refractivity contribution in [3.8, 4) is 0 Å². The molecule has 0 saturated carbocycles. The van der Waals surface area contributed by atoms with Crippen LogP contribution in [0.1, 0.15) is 0 Å². The maximum atomic E-state index is 10.3. The Morgan fingerprint density at radius 2 is 2.27 bits per heavy atom. The van der Waals surface area contributed by atoms with Gasteiger partial charge < -0.3 is 10.4 Å². The van der Waals surface area contributed by atoms with Gasteiger partial charge in [-0.05, 0) is 0 Å². The van der Waals surface area contributed by atoms with Crippen LogP contribution >= 0.6 is 35.8 Å². The van der Waals surface area contributed by atoms with Gasteiger partial charge in [0.1, 0.15) is 10.5 Å². The maximum absolute atomic E-state index is 10.3. The molecule has 3 nitrogen and oxygen atoms in total. The zero-order chi connectivity index (χ0) is 8.85. The quantitative estimate of drug-likeness (QED) is 0.619. The van der Waals surface area contributed by atoms with Crippen LogP contribution in [0.2, 0.25) is 0 Å². The lowest BCUT2D eigenvalue weighted by Gasteiger charge is -2.07. The van der Waals surface area contributed by atoms with E-state index in [4.69, 9.17) is 28.3 Å². The van der Waals surface area contributed by atoms with Gasteiger partial charge in [-0.2, -0.15) is 12.6 Å². The smallest absolute Gasteiger partial charge is 0.326 e. The van der Waals surface area contributed by atoms with Crippen molar-refractivity contribution in [2.45, 2.75) is 6.04 Å². The summed E-state index contributed by atoms with van der Waals surface area (Å²) < 4.78 is -0.0157. The molecule has 0 spiro atoms. The van der Waals surface area contributed by atoms with E-state index in [1.165, 1.54) is 6.20 Å². The first-order valence-electron chi connectivity index (χ1n) is 2.68. The lowest BCUT2D eigenvalue weighted by molar-refractivity contribution is -0.138. The van der Waals surface area contributed by atoms with E-state index in [1.54, 1.807) is 0 Å². The number of carboxylic acid groups (broad SMARTS) is 1. The van der Waals surface area contributed by atoms with Crippen LogP contribution in [0.4, 0.5) is 0 Å². The standard InChI is InChI=1S/C5H7Cl2NO2S/c6-4(7)1-8-3(2-11)5(9)10/h1,3,8,11H,2H2,(H,9,10)/t3-/m0/s1. The first-order valence-corrected chi connectivity index (χ1v) is 4.07.